The molecule has 0 amide bonds. The minimum absolute atomic E-state index is 0.0102. The quantitative estimate of drug-likeness (QED) is 0.224. The summed E-state index contributed by atoms with van der Waals surface area (Å²) in [6, 6.07) is 15.0. The number of thiazole rings is 1. The highest BCUT2D eigenvalue weighted by atomic mass is 35.5. The van der Waals surface area contributed by atoms with Crippen molar-refractivity contribution in [2.75, 3.05) is 0 Å². The molecule has 11 heteroatoms. The first-order valence-electron chi connectivity index (χ1n) is 10.5. The molecule has 2 aromatic carbocycles. The van der Waals surface area contributed by atoms with Gasteiger partial charge in [0.05, 0.1) is 34.5 Å². The Morgan fingerprint density at radius 1 is 1.14 bits per heavy atom. The Hall–Kier alpha value is -3.84. The second-order valence-corrected chi connectivity index (χ2v) is 9.41. The van der Waals surface area contributed by atoms with Gasteiger partial charge in [-0.2, -0.15) is 5.26 Å². The second-order valence-electron chi connectivity index (χ2n) is 7.57. The van der Waals surface area contributed by atoms with Crippen LogP contribution in [0.2, 0.25) is 10.0 Å². The first-order chi connectivity index (χ1) is 17.4. The molecule has 0 aliphatic rings. The highest BCUT2D eigenvalue weighted by molar-refractivity contribution is 7.18. The highest BCUT2D eigenvalue weighted by Crippen LogP contribution is 2.37. The summed E-state index contributed by atoms with van der Waals surface area (Å²) >= 11 is 13.6. The number of hydrogen-bond acceptors (Lipinski definition) is 8. The summed E-state index contributed by atoms with van der Waals surface area (Å²) < 4.78 is 26.8. The molecule has 0 radical (unpaired) electrons. The van der Waals surface area contributed by atoms with Crippen molar-refractivity contribution in [2.24, 2.45) is 0 Å². The van der Waals surface area contributed by atoms with Crippen LogP contribution in [0.1, 0.15) is 22.7 Å². The molecule has 0 saturated heterocycles. The lowest BCUT2D eigenvalue weighted by Crippen LogP contribution is -1.98. The third-order valence-electron chi connectivity index (χ3n) is 5.03. The number of rotatable bonds is 6. The number of pyridine rings is 1. The number of hydrogen-bond donors (Lipinski definition) is 0. The molecule has 0 atom stereocenters. The van der Waals surface area contributed by atoms with Crippen molar-refractivity contribution in [3.8, 4) is 39.0 Å². The summed E-state index contributed by atoms with van der Waals surface area (Å²) in [6.45, 7) is 1.85. The van der Waals surface area contributed by atoms with Crippen LogP contribution in [0.5, 0.6) is 11.5 Å². The maximum atomic E-state index is 15.4. The molecule has 36 heavy (non-hydrogen) atoms. The van der Waals surface area contributed by atoms with Crippen LogP contribution in [-0.2, 0) is 6.42 Å². The number of aryl methyl sites for hydroxylation is 1. The Bertz CT molecular complexity index is 1610. The molecule has 0 N–H and O–H groups in total. The van der Waals surface area contributed by atoms with Crippen LogP contribution in [0.4, 0.5) is 4.39 Å². The number of aromatic nitrogens is 4. The van der Waals surface area contributed by atoms with Crippen molar-refractivity contribution in [3.05, 3.63) is 93.3 Å². The summed E-state index contributed by atoms with van der Waals surface area (Å²) in [6.07, 6.45) is 1.71. The fourth-order valence-corrected chi connectivity index (χ4v) is 4.75. The molecule has 5 rings (SSSR count). The van der Waals surface area contributed by atoms with Crippen molar-refractivity contribution in [2.45, 2.75) is 13.3 Å². The molecule has 0 aliphatic heterocycles. The van der Waals surface area contributed by atoms with Gasteiger partial charge in [-0.25, -0.2) is 9.37 Å². The Morgan fingerprint density at radius 2 is 2.00 bits per heavy atom. The highest BCUT2D eigenvalue weighted by Gasteiger charge is 2.20. The van der Waals surface area contributed by atoms with Crippen LogP contribution in [0.3, 0.4) is 0 Å². The largest absolute Gasteiger partial charge is 0.453 e. The Balaban J connectivity index is 1.40. The van der Waals surface area contributed by atoms with E-state index in [2.05, 4.69) is 20.2 Å². The lowest BCUT2D eigenvalue weighted by molar-refractivity contribution is 0.437. The Kier molecular flexibility index (Phi) is 6.65. The number of benzene rings is 2. The van der Waals surface area contributed by atoms with Crippen LogP contribution < -0.4 is 4.74 Å². The second kappa shape index (κ2) is 10.0. The maximum Gasteiger partial charge on any atom is 0.259 e. The summed E-state index contributed by atoms with van der Waals surface area (Å²) in [5.41, 5.74) is 1.98. The number of halogens is 3. The van der Waals surface area contributed by atoms with Gasteiger partial charge in [0.25, 0.3) is 5.89 Å². The molecule has 0 saturated carbocycles. The minimum Gasteiger partial charge on any atom is -0.453 e. The molecule has 0 unspecified atom stereocenters. The fourth-order valence-electron chi connectivity index (χ4n) is 3.38. The summed E-state index contributed by atoms with van der Waals surface area (Å²) in [4.78, 5) is 9.59. The van der Waals surface area contributed by atoms with E-state index in [-0.39, 0.29) is 50.9 Å². The van der Waals surface area contributed by atoms with E-state index in [1.807, 2.05) is 31.2 Å². The monoisotopic (exact) mass is 537 g/mol. The van der Waals surface area contributed by atoms with Gasteiger partial charge in [-0.3, -0.25) is 4.98 Å². The summed E-state index contributed by atoms with van der Waals surface area (Å²) in [7, 11) is 0. The standard InChI is InChI=1S/C25H14Cl2FN5O2S/c1-13-23(36-25(31-13)19-4-2-3-7-30-19)24-33-32-20(35-24)10-15-5-6-18(27)22(21(15)28)34-17-9-14(12-29)8-16(26)11-17/h2-9,11H,10H2,1H3. The van der Waals surface area contributed by atoms with Gasteiger partial charge in [0.15, 0.2) is 11.6 Å². The average molecular weight is 538 g/mol. The first-order valence-corrected chi connectivity index (χ1v) is 12.1. The van der Waals surface area contributed by atoms with E-state index in [1.54, 1.807) is 6.20 Å². The smallest absolute Gasteiger partial charge is 0.259 e. The zero-order valence-electron chi connectivity index (χ0n) is 18.5. The van der Waals surface area contributed by atoms with Gasteiger partial charge in [-0.15, -0.1) is 21.5 Å². The predicted octanol–water partition coefficient (Wildman–Crippen LogP) is 7.26. The van der Waals surface area contributed by atoms with E-state index in [4.69, 9.17) is 37.6 Å². The molecule has 7 nitrogen and oxygen atoms in total. The normalized spacial score (nSPS) is 10.9. The molecule has 0 bridgehead atoms. The third-order valence-corrected chi connectivity index (χ3v) is 6.72. The van der Waals surface area contributed by atoms with Gasteiger partial charge in [0, 0.05) is 16.8 Å². The van der Waals surface area contributed by atoms with Gasteiger partial charge in [-0.1, -0.05) is 35.3 Å². The van der Waals surface area contributed by atoms with Crippen molar-refractivity contribution in [1.29, 1.82) is 5.26 Å². The van der Waals surface area contributed by atoms with Gasteiger partial charge in [0.1, 0.15) is 15.6 Å². The van der Waals surface area contributed by atoms with Gasteiger partial charge in [0.2, 0.25) is 5.89 Å². The van der Waals surface area contributed by atoms with E-state index in [0.29, 0.717) is 4.88 Å². The van der Waals surface area contributed by atoms with Crippen LogP contribution in [0.25, 0.3) is 21.5 Å². The maximum absolute atomic E-state index is 15.4. The number of ether oxygens (including phenoxy) is 1. The van der Waals surface area contributed by atoms with E-state index in [1.165, 1.54) is 41.7 Å². The zero-order chi connectivity index (χ0) is 25.2. The molecule has 0 fully saturated rings. The SMILES string of the molecule is Cc1nc(-c2ccccn2)sc1-c1nnc(Cc2ccc(Cl)c(Oc3cc(Cl)cc(C#N)c3)c2F)o1. The molecule has 0 aliphatic carbocycles. The van der Waals surface area contributed by atoms with Crippen LogP contribution in [0, 0.1) is 24.1 Å². The van der Waals surface area contributed by atoms with Crippen molar-refractivity contribution < 1.29 is 13.5 Å². The van der Waals surface area contributed by atoms with Crippen molar-refractivity contribution >= 4 is 34.5 Å². The number of nitriles is 1. The molecule has 5 aromatic rings. The molecule has 3 aromatic heterocycles. The van der Waals surface area contributed by atoms with E-state index >= 15 is 4.39 Å². The van der Waals surface area contributed by atoms with E-state index in [0.717, 1.165) is 16.4 Å². The topological polar surface area (TPSA) is 97.7 Å². The Labute approximate surface area is 218 Å². The molecular formula is C25H14Cl2FN5O2S. The van der Waals surface area contributed by atoms with Gasteiger partial charge in [-0.05, 0) is 43.3 Å². The molecule has 178 valence electrons. The molecule has 0 spiro atoms. The summed E-state index contributed by atoms with van der Waals surface area (Å²) in [5, 5.41) is 18.4. The lowest BCUT2D eigenvalue weighted by Gasteiger charge is -2.11. The van der Waals surface area contributed by atoms with Crippen molar-refractivity contribution in [1.82, 2.24) is 20.2 Å². The third kappa shape index (κ3) is 4.93. The van der Waals surface area contributed by atoms with Crippen LogP contribution in [-0.4, -0.2) is 20.2 Å². The van der Waals surface area contributed by atoms with E-state index < -0.39 is 5.82 Å². The molecule has 3 heterocycles. The number of nitrogens with zero attached hydrogens (tertiary/aromatic N) is 5. The summed E-state index contributed by atoms with van der Waals surface area (Å²) in [5.74, 6) is -0.207. The average Bonchev–Trinajstić information content (AvgIpc) is 3.50. The first kappa shape index (κ1) is 23.9. The minimum atomic E-state index is -0.688. The van der Waals surface area contributed by atoms with Crippen LogP contribution in [0.15, 0.2) is 59.1 Å². The van der Waals surface area contributed by atoms with Gasteiger partial charge < -0.3 is 9.15 Å². The Morgan fingerprint density at radius 3 is 2.78 bits per heavy atom. The predicted molar refractivity (Wildman–Crippen MR) is 134 cm³/mol. The lowest BCUT2D eigenvalue weighted by atomic mass is 10.1. The molecular weight excluding hydrogens is 524 g/mol. The van der Waals surface area contributed by atoms with Gasteiger partial charge >= 0.3 is 0 Å². The fraction of sp³-hybridized carbons (Fsp3) is 0.0800. The van der Waals surface area contributed by atoms with Crippen LogP contribution >= 0.6 is 34.5 Å². The zero-order valence-corrected chi connectivity index (χ0v) is 20.8. The van der Waals surface area contributed by atoms with E-state index in [9.17, 15) is 0 Å². The van der Waals surface area contributed by atoms with Crippen molar-refractivity contribution in [3.63, 3.8) is 0 Å².